The van der Waals surface area contributed by atoms with Gasteiger partial charge in [0.15, 0.2) is 11.6 Å². The fourth-order valence-corrected chi connectivity index (χ4v) is 1.77. The number of halogens is 1. The number of hydrogen-bond acceptors (Lipinski definition) is 3. The third-order valence-electron chi connectivity index (χ3n) is 2.81. The Balaban J connectivity index is 2.23. The SMILES string of the molecule is COc1cc(NC(=O)c2ccc(C)cc2O)ccc1F. The van der Waals surface area contributed by atoms with E-state index in [2.05, 4.69) is 5.32 Å². The number of methoxy groups -OCH3 is 1. The largest absolute Gasteiger partial charge is 0.507 e. The number of amides is 1. The van der Waals surface area contributed by atoms with Crippen LogP contribution in [0.3, 0.4) is 0 Å². The van der Waals surface area contributed by atoms with Crippen molar-refractivity contribution in [3.8, 4) is 11.5 Å². The molecule has 2 rings (SSSR count). The maximum Gasteiger partial charge on any atom is 0.259 e. The fourth-order valence-electron chi connectivity index (χ4n) is 1.77. The van der Waals surface area contributed by atoms with Crippen molar-refractivity contribution in [2.75, 3.05) is 12.4 Å². The number of nitrogens with one attached hydrogen (secondary N) is 1. The van der Waals surface area contributed by atoms with E-state index < -0.39 is 11.7 Å². The van der Waals surface area contributed by atoms with Crippen LogP contribution >= 0.6 is 0 Å². The molecule has 0 bridgehead atoms. The minimum Gasteiger partial charge on any atom is -0.507 e. The van der Waals surface area contributed by atoms with Crippen LogP contribution in [0.5, 0.6) is 11.5 Å². The number of rotatable bonds is 3. The molecular weight excluding hydrogens is 261 g/mol. The molecule has 4 nitrogen and oxygen atoms in total. The summed E-state index contributed by atoms with van der Waals surface area (Å²) < 4.78 is 18.1. The smallest absolute Gasteiger partial charge is 0.259 e. The molecule has 0 heterocycles. The van der Waals surface area contributed by atoms with Crippen molar-refractivity contribution in [1.82, 2.24) is 0 Å². The zero-order valence-corrected chi connectivity index (χ0v) is 11.1. The van der Waals surface area contributed by atoms with Crippen LogP contribution in [0, 0.1) is 12.7 Å². The Bertz CT molecular complexity index is 656. The van der Waals surface area contributed by atoms with Crippen molar-refractivity contribution >= 4 is 11.6 Å². The minimum absolute atomic E-state index is 0.0379. The van der Waals surface area contributed by atoms with Gasteiger partial charge in [-0.05, 0) is 36.8 Å². The van der Waals surface area contributed by atoms with E-state index in [0.717, 1.165) is 5.56 Å². The molecular formula is C15H14FNO3. The van der Waals surface area contributed by atoms with Gasteiger partial charge in [0, 0.05) is 11.8 Å². The Morgan fingerprint density at radius 3 is 2.65 bits per heavy atom. The molecule has 0 aromatic heterocycles. The summed E-state index contributed by atoms with van der Waals surface area (Å²) in [4.78, 5) is 12.0. The monoisotopic (exact) mass is 275 g/mol. The van der Waals surface area contributed by atoms with Crippen LogP contribution in [0.25, 0.3) is 0 Å². The Morgan fingerprint density at radius 2 is 2.00 bits per heavy atom. The first-order valence-corrected chi connectivity index (χ1v) is 5.96. The lowest BCUT2D eigenvalue weighted by molar-refractivity contribution is 0.102. The Hall–Kier alpha value is -2.56. The number of carbonyl (C=O) groups excluding carboxylic acids is 1. The molecule has 0 atom stereocenters. The van der Waals surface area contributed by atoms with Crippen LogP contribution in [0.4, 0.5) is 10.1 Å². The van der Waals surface area contributed by atoms with Gasteiger partial charge in [-0.25, -0.2) is 4.39 Å². The molecule has 0 spiro atoms. The second-order valence-electron chi connectivity index (χ2n) is 4.32. The van der Waals surface area contributed by atoms with Crippen LogP contribution in [0.1, 0.15) is 15.9 Å². The van der Waals surface area contributed by atoms with Gasteiger partial charge in [-0.2, -0.15) is 0 Å². The van der Waals surface area contributed by atoms with Gasteiger partial charge in [0.1, 0.15) is 5.75 Å². The van der Waals surface area contributed by atoms with Gasteiger partial charge in [-0.1, -0.05) is 6.07 Å². The summed E-state index contributed by atoms with van der Waals surface area (Å²) in [5, 5.41) is 12.3. The predicted molar refractivity (Wildman–Crippen MR) is 73.7 cm³/mol. The third-order valence-corrected chi connectivity index (χ3v) is 2.81. The highest BCUT2D eigenvalue weighted by Crippen LogP contribution is 2.24. The minimum atomic E-state index is -0.510. The van der Waals surface area contributed by atoms with Crippen LogP contribution in [-0.2, 0) is 0 Å². The summed E-state index contributed by atoms with van der Waals surface area (Å²) in [5.41, 5.74) is 1.38. The lowest BCUT2D eigenvalue weighted by Gasteiger charge is -2.09. The summed E-state index contributed by atoms with van der Waals surface area (Å²) in [7, 11) is 1.34. The van der Waals surface area contributed by atoms with Gasteiger partial charge in [-0.3, -0.25) is 4.79 Å². The average molecular weight is 275 g/mol. The van der Waals surface area contributed by atoms with E-state index in [0.29, 0.717) is 5.69 Å². The highest BCUT2D eigenvalue weighted by molar-refractivity contribution is 6.06. The normalized spacial score (nSPS) is 10.2. The van der Waals surface area contributed by atoms with Crippen LogP contribution < -0.4 is 10.1 Å². The van der Waals surface area contributed by atoms with Gasteiger partial charge in [0.05, 0.1) is 12.7 Å². The Kier molecular flexibility index (Phi) is 3.89. The van der Waals surface area contributed by atoms with Gasteiger partial charge < -0.3 is 15.2 Å². The molecule has 104 valence electrons. The van der Waals surface area contributed by atoms with Crippen molar-refractivity contribution in [2.24, 2.45) is 0 Å². The lowest BCUT2D eigenvalue weighted by atomic mass is 10.1. The Labute approximate surface area is 115 Å². The molecule has 5 heteroatoms. The lowest BCUT2D eigenvalue weighted by Crippen LogP contribution is -2.12. The van der Waals surface area contributed by atoms with Crippen molar-refractivity contribution in [3.05, 3.63) is 53.3 Å². The molecule has 0 unspecified atom stereocenters. The van der Waals surface area contributed by atoms with E-state index in [9.17, 15) is 14.3 Å². The van der Waals surface area contributed by atoms with E-state index in [1.54, 1.807) is 6.07 Å². The Morgan fingerprint density at radius 1 is 1.25 bits per heavy atom. The summed E-state index contributed by atoms with van der Waals surface area (Å²) in [5.74, 6) is -1.05. The molecule has 2 aromatic rings. The zero-order chi connectivity index (χ0) is 14.7. The molecule has 0 saturated heterocycles. The second-order valence-corrected chi connectivity index (χ2v) is 4.32. The number of aromatic hydroxyl groups is 1. The molecule has 2 aromatic carbocycles. The van der Waals surface area contributed by atoms with E-state index in [1.807, 2.05) is 6.92 Å². The first-order chi connectivity index (χ1) is 9.51. The van der Waals surface area contributed by atoms with Gasteiger partial charge in [0.25, 0.3) is 5.91 Å². The summed E-state index contributed by atoms with van der Waals surface area (Å²) in [6, 6.07) is 8.74. The van der Waals surface area contributed by atoms with Crippen molar-refractivity contribution in [1.29, 1.82) is 0 Å². The number of phenolic OH excluding ortho intramolecular Hbond substituents is 1. The molecule has 20 heavy (non-hydrogen) atoms. The third kappa shape index (κ3) is 2.88. The van der Waals surface area contributed by atoms with E-state index in [-0.39, 0.29) is 17.1 Å². The zero-order valence-electron chi connectivity index (χ0n) is 11.1. The maximum absolute atomic E-state index is 13.3. The number of benzene rings is 2. The highest BCUT2D eigenvalue weighted by atomic mass is 19.1. The number of hydrogen-bond donors (Lipinski definition) is 2. The molecule has 0 saturated carbocycles. The van der Waals surface area contributed by atoms with E-state index in [4.69, 9.17) is 4.74 Å². The molecule has 0 fully saturated rings. The van der Waals surface area contributed by atoms with Crippen molar-refractivity contribution < 1.29 is 19.0 Å². The van der Waals surface area contributed by atoms with Crippen molar-refractivity contribution in [3.63, 3.8) is 0 Å². The van der Waals surface area contributed by atoms with Gasteiger partial charge in [-0.15, -0.1) is 0 Å². The quantitative estimate of drug-likeness (QED) is 0.905. The first-order valence-electron chi connectivity index (χ1n) is 5.96. The van der Waals surface area contributed by atoms with Gasteiger partial charge >= 0.3 is 0 Å². The van der Waals surface area contributed by atoms with Crippen molar-refractivity contribution in [2.45, 2.75) is 6.92 Å². The highest BCUT2D eigenvalue weighted by Gasteiger charge is 2.12. The number of phenols is 1. The topological polar surface area (TPSA) is 58.6 Å². The molecule has 0 radical (unpaired) electrons. The first kappa shape index (κ1) is 13.9. The van der Waals surface area contributed by atoms with E-state index in [1.165, 1.54) is 37.4 Å². The maximum atomic E-state index is 13.3. The predicted octanol–water partition coefficient (Wildman–Crippen LogP) is 3.10. The fraction of sp³-hybridized carbons (Fsp3) is 0.133. The number of carbonyl (C=O) groups is 1. The standard InChI is InChI=1S/C15H14FNO3/c1-9-3-5-11(13(18)7-9)15(19)17-10-4-6-12(16)14(8-10)20-2/h3-8,18H,1-2H3,(H,17,19). The summed E-state index contributed by atoms with van der Waals surface area (Å²) >= 11 is 0. The van der Waals surface area contributed by atoms with Crippen LogP contribution in [0.15, 0.2) is 36.4 Å². The molecule has 0 aliphatic heterocycles. The molecule has 1 amide bonds. The number of ether oxygens (including phenoxy) is 1. The average Bonchev–Trinajstić information content (AvgIpc) is 2.40. The number of anilines is 1. The molecule has 0 aliphatic carbocycles. The summed E-state index contributed by atoms with van der Waals surface area (Å²) in [6.45, 7) is 1.81. The molecule has 0 aliphatic rings. The molecule has 2 N–H and O–H groups in total. The van der Waals surface area contributed by atoms with Gasteiger partial charge in [0.2, 0.25) is 0 Å². The van der Waals surface area contributed by atoms with Crippen LogP contribution in [-0.4, -0.2) is 18.1 Å². The van der Waals surface area contributed by atoms with E-state index >= 15 is 0 Å². The van der Waals surface area contributed by atoms with Crippen LogP contribution in [0.2, 0.25) is 0 Å². The summed E-state index contributed by atoms with van der Waals surface area (Å²) in [6.07, 6.45) is 0. The second kappa shape index (κ2) is 5.61. The number of aryl methyl sites for hydroxylation is 1.